The number of carbonyl (C=O) groups excluding carboxylic acids is 1. The second-order valence-electron chi connectivity index (χ2n) is 4.86. The third-order valence-electron chi connectivity index (χ3n) is 3.09. The van der Waals surface area contributed by atoms with E-state index in [9.17, 15) is 9.18 Å². The Kier molecular flexibility index (Phi) is 6.01. The van der Waals surface area contributed by atoms with Crippen LogP contribution in [0.5, 0.6) is 0 Å². The van der Waals surface area contributed by atoms with Gasteiger partial charge in [0.05, 0.1) is 5.69 Å². The van der Waals surface area contributed by atoms with Crippen molar-refractivity contribution in [3.05, 3.63) is 46.7 Å². The van der Waals surface area contributed by atoms with E-state index in [-0.39, 0.29) is 11.4 Å². The van der Waals surface area contributed by atoms with Crippen molar-refractivity contribution in [1.29, 1.82) is 5.26 Å². The van der Waals surface area contributed by atoms with Gasteiger partial charge in [0.25, 0.3) is 5.91 Å². The van der Waals surface area contributed by atoms with Gasteiger partial charge in [-0.15, -0.1) is 11.3 Å². The van der Waals surface area contributed by atoms with Crippen molar-refractivity contribution < 1.29 is 9.18 Å². The molecule has 0 aliphatic heterocycles. The van der Waals surface area contributed by atoms with Gasteiger partial charge in [-0.25, -0.2) is 9.37 Å². The summed E-state index contributed by atoms with van der Waals surface area (Å²) in [7, 11) is 0. The minimum atomic E-state index is -0.391. The number of hydrogen-bond donors (Lipinski definition) is 1. The lowest BCUT2D eigenvalue weighted by atomic mass is 10.2. The molecule has 0 atom stereocenters. The van der Waals surface area contributed by atoms with Gasteiger partial charge < -0.3 is 5.32 Å². The monoisotopic (exact) mass is 329 g/mol. The molecule has 0 unspecified atom stereocenters. The third kappa shape index (κ3) is 4.73. The summed E-state index contributed by atoms with van der Waals surface area (Å²) < 4.78 is 12.9. The van der Waals surface area contributed by atoms with Gasteiger partial charge in [0, 0.05) is 17.5 Å². The predicted molar refractivity (Wildman–Crippen MR) is 89.0 cm³/mol. The highest BCUT2D eigenvalue weighted by Crippen LogP contribution is 2.24. The molecule has 0 saturated heterocycles. The number of unbranched alkanes of at least 4 members (excludes halogenated alkanes) is 1. The standard InChI is InChI=1S/C17H16FN3OS/c1-2-3-8-20-16(22)13(10-19)9-15-11-23-17(21-15)12-4-6-14(18)7-5-12/h4-7,9,11H,2-3,8H2,1H3,(H,20,22)/b13-9+. The second kappa shape index (κ2) is 8.20. The molecule has 1 N–H and O–H groups in total. The van der Waals surface area contributed by atoms with Crippen LogP contribution in [0.15, 0.2) is 35.2 Å². The molecule has 0 aliphatic rings. The van der Waals surface area contributed by atoms with Crippen molar-refractivity contribution in [2.24, 2.45) is 0 Å². The second-order valence-corrected chi connectivity index (χ2v) is 5.72. The summed E-state index contributed by atoms with van der Waals surface area (Å²) in [5, 5.41) is 14.3. The fourth-order valence-corrected chi connectivity index (χ4v) is 2.63. The van der Waals surface area contributed by atoms with E-state index in [1.165, 1.54) is 29.5 Å². The van der Waals surface area contributed by atoms with Gasteiger partial charge in [-0.3, -0.25) is 4.79 Å². The van der Waals surface area contributed by atoms with Gasteiger partial charge >= 0.3 is 0 Å². The molecule has 0 spiro atoms. The summed E-state index contributed by atoms with van der Waals surface area (Å²) in [4.78, 5) is 16.3. The van der Waals surface area contributed by atoms with Gasteiger partial charge in [-0.1, -0.05) is 13.3 Å². The molecular formula is C17H16FN3OS. The Labute approximate surface area is 138 Å². The van der Waals surface area contributed by atoms with Crippen molar-refractivity contribution >= 4 is 23.3 Å². The zero-order chi connectivity index (χ0) is 16.7. The largest absolute Gasteiger partial charge is 0.351 e. The molecular weight excluding hydrogens is 313 g/mol. The fourth-order valence-electron chi connectivity index (χ4n) is 1.85. The van der Waals surface area contributed by atoms with Gasteiger partial charge in [0.2, 0.25) is 0 Å². The highest BCUT2D eigenvalue weighted by atomic mass is 32.1. The van der Waals surface area contributed by atoms with Crippen molar-refractivity contribution in [2.45, 2.75) is 19.8 Å². The summed E-state index contributed by atoms with van der Waals surface area (Å²) in [5.74, 6) is -0.696. The van der Waals surface area contributed by atoms with E-state index in [4.69, 9.17) is 5.26 Å². The van der Waals surface area contributed by atoms with Gasteiger partial charge in [-0.2, -0.15) is 5.26 Å². The summed E-state index contributed by atoms with van der Waals surface area (Å²) in [5.41, 5.74) is 1.36. The maximum absolute atomic E-state index is 12.9. The molecule has 4 nitrogen and oxygen atoms in total. The van der Waals surface area contributed by atoms with E-state index < -0.39 is 5.91 Å². The number of hydrogen-bond acceptors (Lipinski definition) is 4. The predicted octanol–water partition coefficient (Wildman–Crippen LogP) is 3.77. The first-order valence-corrected chi connectivity index (χ1v) is 8.13. The van der Waals surface area contributed by atoms with Crippen LogP contribution in [0.25, 0.3) is 16.6 Å². The molecule has 0 bridgehead atoms. The molecule has 0 fully saturated rings. The Hall–Kier alpha value is -2.52. The first kappa shape index (κ1) is 16.8. The van der Waals surface area contributed by atoms with Gasteiger partial charge in [0.1, 0.15) is 22.5 Å². The number of carbonyl (C=O) groups is 1. The average molecular weight is 329 g/mol. The number of rotatable bonds is 6. The van der Waals surface area contributed by atoms with Crippen molar-refractivity contribution in [1.82, 2.24) is 10.3 Å². The summed E-state index contributed by atoms with van der Waals surface area (Å²) >= 11 is 1.37. The maximum atomic E-state index is 12.9. The maximum Gasteiger partial charge on any atom is 0.262 e. The lowest BCUT2D eigenvalue weighted by molar-refractivity contribution is -0.117. The minimum absolute atomic E-state index is 0.0251. The Balaban J connectivity index is 2.13. The van der Waals surface area contributed by atoms with Crippen LogP contribution in [0.1, 0.15) is 25.5 Å². The molecule has 2 aromatic rings. The van der Waals surface area contributed by atoms with Crippen molar-refractivity contribution in [3.63, 3.8) is 0 Å². The zero-order valence-electron chi connectivity index (χ0n) is 12.7. The molecule has 1 amide bonds. The number of nitrogens with one attached hydrogen (secondary N) is 1. The highest BCUT2D eigenvalue weighted by Gasteiger charge is 2.10. The van der Waals surface area contributed by atoms with E-state index in [1.807, 2.05) is 13.0 Å². The van der Waals surface area contributed by atoms with Crippen LogP contribution in [0.2, 0.25) is 0 Å². The summed E-state index contributed by atoms with van der Waals surface area (Å²) in [6, 6.07) is 7.92. The van der Waals surface area contributed by atoms with Crippen molar-refractivity contribution in [2.75, 3.05) is 6.54 Å². The summed E-state index contributed by atoms with van der Waals surface area (Å²) in [6.45, 7) is 2.58. The number of thiazole rings is 1. The lowest BCUT2D eigenvalue weighted by Gasteiger charge is -2.01. The normalized spacial score (nSPS) is 11.1. The molecule has 2 rings (SSSR count). The molecule has 1 aromatic heterocycles. The average Bonchev–Trinajstić information content (AvgIpc) is 3.02. The fraction of sp³-hybridized carbons (Fsp3) is 0.235. The molecule has 0 aliphatic carbocycles. The van der Waals surface area contributed by atoms with Gasteiger partial charge in [0.15, 0.2) is 0 Å². The SMILES string of the molecule is CCCCNC(=O)/C(C#N)=C/c1csc(-c2ccc(F)cc2)n1. The number of nitrogens with zero attached hydrogens (tertiary/aromatic N) is 2. The van der Waals surface area contributed by atoms with E-state index in [0.29, 0.717) is 17.2 Å². The number of benzene rings is 1. The Morgan fingerprint density at radius 2 is 2.17 bits per heavy atom. The Morgan fingerprint density at radius 3 is 2.83 bits per heavy atom. The quantitative estimate of drug-likeness (QED) is 0.498. The third-order valence-corrected chi connectivity index (χ3v) is 4.00. The molecule has 0 radical (unpaired) electrons. The zero-order valence-corrected chi connectivity index (χ0v) is 13.5. The smallest absolute Gasteiger partial charge is 0.262 e. The Morgan fingerprint density at radius 1 is 1.43 bits per heavy atom. The highest BCUT2D eigenvalue weighted by molar-refractivity contribution is 7.13. The molecule has 6 heteroatoms. The summed E-state index contributed by atoms with van der Waals surface area (Å²) in [6.07, 6.45) is 3.31. The van der Waals surface area contributed by atoms with E-state index >= 15 is 0 Å². The number of amides is 1. The van der Waals surface area contributed by atoms with Crippen LogP contribution >= 0.6 is 11.3 Å². The van der Waals surface area contributed by atoms with E-state index in [2.05, 4.69) is 10.3 Å². The first-order chi connectivity index (χ1) is 11.1. The van der Waals surface area contributed by atoms with Crippen LogP contribution in [0, 0.1) is 17.1 Å². The molecule has 118 valence electrons. The lowest BCUT2D eigenvalue weighted by Crippen LogP contribution is -2.25. The van der Waals surface area contributed by atoms with Crippen LogP contribution in [-0.2, 0) is 4.79 Å². The van der Waals surface area contributed by atoms with Crippen LogP contribution in [0.4, 0.5) is 4.39 Å². The van der Waals surface area contributed by atoms with E-state index in [0.717, 1.165) is 18.4 Å². The first-order valence-electron chi connectivity index (χ1n) is 7.25. The molecule has 1 aromatic carbocycles. The van der Waals surface area contributed by atoms with Gasteiger partial charge in [-0.05, 0) is 36.8 Å². The van der Waals surface area contributed by atoms with Crippen LogP contribution in [0.3, 0.4) is 0 Å². The van der Waals surface area contributed by atoms with Crippen LogP contribution < -0.4 is 5.32 Å². The Bertz CT molecular complexity index is 744. The van der Waals surface area contributed by atoms with Crippen LogP contribution in [-0.4, -0.2) is 17.4 Å². The van der Waals surface area contributed by atoms with Crippen molar-refractivity contribution in [3.8, 4) is 16.6 Å². The topological polar surface area (TPSA) is 65.8 Å². The number of nitriles is 1. The van der Waals surface area contributed by atoms with E-state index in [1.54, 1.807) is 17.5 Å². The number of aromatic nitrogens is 1. The minimum Gasteiger partial charge on any atom is -0.351 e. The molecule has 23 heavy (non-hydrogen) atoms. The molecule has 0 saturated carbocycles. The molecule has 1 heterocycles. The number of halogens is 1.